The molecule has 2 atom stereocenters. The predicted molar refractivity (Wildman–Crippen MR) is 104 cm³/mol. The number of halogens is 1. The smallest absolute Gasteiger partial charge is 0.233 e. The summed E-state index contributed by atoms with van der Waals surface area (Å²) in [4.78, 5) is 19.5. The van der Waals surface area contributed by atoms with E-state index < -0.39 is 0 Å². The molecule has 0 spiro atoms. The first-order valence-corrected chi connectivity index (χ1v) is 9.64. The van der Waals surface area contributed by atoms with Gasteiger partial charge in [0, 0.05) is 10.9 Å². The molecule has 6 heteroatoms. The van der Waals surface area contributed by atoms with E-state index in [9.17, 15) is 4.79 Å². The molecule has 1 aliphatic carbocycles. The highest BCUT2D eigenvalue weighted by atomic mass is 35.5. The minimum atomic E-state index is -0.0859. The third-order valence-electron chi connectivity index (χ3n) is 5.44. The number of hydrogen-bond acceptors (Lipinski definition) is 3. The lowest BCUT2D eigenvalue weighted by molar-refractivity contribution is -0.120. The molecular formula is C21H19ClN4O. The second-order valence-electron chi connectivity index (χ2n) is 7.19. The van der Waals surface area contributed by atoms with E-state index in [0.29, 0.717) is 17.4 Å². The van der Waals surface area contributed by atoms with Gasteiger partial charge in [0.1, 0.15) is 6.33 Å². The van der Waals surface area contributed by atoms with E-state index in [1.54, 1.807) is 0 Å². The van der Waals surface area contributed by atoms with Gasteiger partial charge in [-0.1, -0.05) is 60.1 Å². The Morgan fingerprint density at radius 1 is 1.00 bits per heavy atom. The summed E-state index contributed by atoms with van der Waals surface area (Å²) in [6, 6.07) is 17.9. The van der Waals surface area contributed by atoms with Crippen LogP contribution >= 0.6 is 11.6 Å². The molecule has 3 aromatic rings. The molecule has 5 rings (SSSR count). The van der Waals surface area contributed by atoms with Gasteiger partial charge in [0.15, 0.2) is 0 Å². The summed E-state index contributed by atoms with van der Waals surface area (Å²) in [6.45, 7) is 0. The largest absolute Gasteiger partial charge is 0.274 e. The lowest BCUT2D eigenvalue weighted by atomic mass is 9.91. The number of nitrogens with zero attached hydrogens (tertiary/aromatic N) is 4. The van der Waals surface area contributed by atoms with Crippen LogP contribution in [0.15, 0.2) is 60.9 Å². The van der Waals surface area contributed by atoms with Crippen molar-refractivity contribution in [2.75, 3.05) is 4.90 Å². The van der Waals surface area contributed by atoms with Crippen molar-refractivity contribution in [2.45, 2.75) is 31.3 Å². The molecule has 5 nitrogen and oxygen atoms in total. The van der Waals surface area contributed by atoms with E-state index in [-0.39, 0.29) is 23.9 Å². The van der Waals surface area contributed by atoms with Crippen molar-refractivity contribution in [3.63, 3.8) is 0 Å². The molecule has 2 heterocycles. The Labute approximate surface area is 162 Å². The van der Waals surface area contributed by atoms with Gasteiger partial charge >= 0.3 is 0 Å². The van der Waals surface area contributed by atoms with Crippen molar-refractivity contribution in [1.82, 2.24) is 14.8 Å². The standard InChI is InChI=1S/C21H19ClN4O/c22-17-9-5-4-8-16(17)19-12-18(14-6-2-1-3-7-14)25(20(27)15-10-11-15)21-23-13-24-26(19)21/h1-9,13,15,18-19H,10-12H2/t18-,19+/m0/s1. The number of hydrogen-bond donors (Lipinski definition) is 0. The lowest BCUT2D eigenvalue weighted by Crippen LogP contribution is -2.43. The van der Waals surface area contributed by atoms with Crippen LogP contribution in [0.5, 0.6) is 0 Å². The first-order chi connectivity index (χ1) is 13.2. The Morgan fingerprint density at radius 3 is 2.48 bits per heavy atom. The molecule has 1 fully saturated rings. The van der Waals surface area contributed by atoms with Gasteiger partial charge in [-0.3, -0.25) is 9.69 Å². The molecule has 0 unspecified atom stereocenters. The van der Waals surface area contributed by atoms with Crippen molar-refractivity contribution in [3.05, 3.63) is 77.1 Å². The molecular weight excluding hydrogens is 360 g/mol. The number of carbonyl (C=O) groups is 1. The number of amides is 1. The topological polar surface area (TPSA) is 51.0 Å². The lowest BCUT2D eigenvalue weighted by Gasteiger charge is -2.39. The van der Waals surface area contributed by atoms with Gasteiger partial charge in [-0.25, -0.2) is 4.68 Å². The van der Waals surface area contributed by atoms with E-state index in [1.165, 1.54) is 6.33 Å². The van der Waals surface area contributed by atoms with Crippen LogP contribution in [-0.4, -0.2) is 20.7 Å². The van der Waals surface area contributed by atoms with Crippen molar-refractivity contribution in [2.24, 2.45) is 5.92 Å². The van der Waals surface area contributed by atoms with Gasteiger partial charge in [-0.15, -0.1) is 0 Å². The zero-order valence-corrected chi connectivity index (χ0v) is 15.5. The van der Waals surface area contributed by atoms with Crippen LogP contribution < -0.4 is 4.90 Å². The SMILES string of the molecule is O=C(C1CC1)N1c2ncnn2[C@@H](c2ccccc2Cl)C[C@H]1c1ccccc1. The average Bonchev–Trinajstić information content (AvgIpc) is 3.44. The molecule has 1 amide bonds. The van der Waals surface area contributed by atoms with Crippen LogP contribution in [0.3, 0.4) is 0 Å². The Kier molecular flexibility index (Phi) is 3.97. The number of aromatic nitrogens is 3. The Bertz CT molecular complexity index is 983. The number of rotatable bonds is 3. The van der Waals surface area contributed by atoms with Gasteiger partial charge in [0.2, 0.25) is 11.9 Å². The molecule has 1 aliphatic heterocycles. The van der Waals surface area contributed by atoms with E-state index >= 15 is 0 Å². The highest BCUT2D eigenvalue weighted by Crippen LogP contribution is 2.45. The normalized spacial score (nSPS) is 21.7. The second-order valence-corrected chi connectivity index (χ2v) is 7.59. The van der Waals surface area contributed by atoms with Gasteiger partial charge in [-0.2, -0.15) is 10.1 Å². The second kappa shape index (κ2) is 6.50. The van der Waals surface area contributed by atoms with Gasteiger partial charge in [0.25, 0.3) is 0 Å². The van der Waals surface area contributed by atoms with E-state index in [0.717, 1.165) is 24.0 Å². The van der Waals surface area contributed by atoms with Gasteiger partial charge in [-0.05, 0) is 36.5 Å². The van der Waals surface area contributed by atoms with Crippen molar-refractivity contribution >= 4 is 23.5 Å². The molecule has 136 valence electrons. The minimum absolute atomic E-state index is 0.0651. The maximum atomic E-state index is 13.1. The van der Waals surface area contributed by atoms with Gasteiger partial charge < -0.3 is 0 Å². The number of anilines is 1. The summed E-state index contributed by atoms with van der Waals surface area (Å²) in [5, 5.41) is 5.16. The van der Waals surface area contributed by atoms with Crippen LogP contribution in [0.1, 0.15) is 42.5 Å². The maximum absolute atomic E-state index is 13.1. The first-order valence-electron chi connectivity index (χ1n) is 9.26. The average molecular weight is 379 g/mol. The highest BCUT2D eigenvalue weighted by Gasteiger charge is 2.44. The van der Waals surface area contributed by atoms with Crippen LogP contribution in [0.4, 0.5) is 5.95 Å². The first kappa shape index (κ1) is 16.5. The third kappa shape index (κ3) is 2.82. The Morgan fingerprint density at radius 2 is 1.74 bits per heavy atom. The fraction of sp³-hybridized carbons (Fsp3) is 0.286. The molecule has 27 heavy (non-hydrogen) atoms. The summed E-state index contributed by atoms with van der Waals surface area (Å²) in [5.41, 5.74) is 2.11. The molecule has 1 aromatic heterocycles. The minimum Gasteiger partial charge on any atom is -0.274 e. The van der Waals surface area contributed by atoms with Crippen LogP contribution in [0, 0.1) is 5.92 Å². The molecule has 0 radical (unpaired) electrons. The predicted octanol–water partition coefficient (Wildman–Crippen LogP) is 4.41. The number of carbonyl (C=O) groups excluding carboxylic acids is 1. The van der Waals surface area contributed by atoms with Crippen LogP contribution in [-0.2, 0) is 4.79 Å². The highest BCUT2D eigenvalue weighted by molar-refractivity contribution is 6.31. The van der Waals surface area contributed by atoms with Crippen molar-refractivity contribution in [3.8, 4) is 0 Å². The van der Waals surface area contributed by atoms with Crippen molar-refractivity contribution in [1.29, 1.82) is 0 Å². The van der Waals surface area contributed by atoms with Gasteiger partial charge in [0.05, 0.1) is 12.1 Å². The quantitative estimate of drug-likeness (QED) is 0.678. The molecule has 0 bridgehead atoms. The molecule has 2 aliphatic rings. The van der Waals surface area contributed by atoms with E-state index in [4.69, 9.17) is 11.6 Å². The molecule has 0 N–H and O–H groups in total. The zero-order valence-electron chi connectivity index (χ0n) is 14.7. The van der Waals surface area contributed by atoms with E-state index in [2.05, 4.69) is 22.2 Å². The summed E-state index contributed by atoms with van der Waals surface area (Å²) in [5.74, 6) is 0.867. The maximum Gasteiger partial charge on any atom is 0.233 e. The Hall–Kier alpha value is -2.66. The van der Waals surface area contributed by atoms with Crippen LogP contribution in [0.2, 0.25) is 5.02 Å². The third-order valence-corrected chi connectivity index (χ3v) is 5.78. The fourth-order valence-electron chi connectivity index (χ4n) is 3.94. The van der Waals surface area contributed by atoms with E-state index in [1.807, 2.05) is 52.0 Å². The molecule has 0 saturated heterocycles. The number of benzene rings is 2. The summed E-state index contributed by atoms with van der Waals surface area (Å²) in [7, 11) is 0. The van der Waals surface area contributed by atoms with Crippen LogP contribution in [0.25, 0.3) is 0 Å². The summed E-state index contributed by atoms with van der Waals surface area (Å²) >= 11 is 6.50. The summed E-state index contributed by atoms with van der Waals surface area (Å²) in [6.07, 6.45) is 4.15. The Balaban J connectivity index is 1.65. The van der Waals surface area contributed by atoms with Crippen molar-refractivity contribution < 1.29 is 4.79 Å². The fourth-order valence-corrected chi connectivity index (χ4v) is 4.20. The molecule has 1 saturated carbocycles. The number of fused-ring (bicyclic) bond motifs is 1. The zero-order chi connectivity index (χ0) is 18.4. The monoisotopic (exact) mass is 378 g/mol. The molecule has 2 aromatic carbocycles. The summed E-state index contributed by atoms with van der Waals surface area (Å²) < 4.78 is 1.85.